The fraction of sp³-hybridized carbons (Fsp3) is 0.467. The quantitative estimate of drug-likeness (QED) is 0.711. The second-order valence-electron chi connectivity index (χ2n) is 5.66. The number of anilines is 1. The number of aryl methyl sites for hydroxylation is 1. The molecule has 3 N–H and O–H groups in total. The first-order valence-electron chi connectivity index (χ1n) is 7.10. The van der Waals surface area contributed by atoms with Crippen molar-refractivity contribution in [1.29, 1.82) is 0 Å². The molecule has 1 atom stereocenters. The summed E-state index contributed by atoms with van der Waals surface area (Å²) in [5, 5.41) is 6.33. The number of benzene rings is 1. The molecule has 1 aliphatic rings. The summed E-state index contributed by atoms with van der Waals surface area (Å²) in [6.07, 6.45) is 2.14. The Morgan fingerprint density at radius 3 is 2.57 bits per heavy atom. The third-order valence-electron chi connectivity index (χ3n) is 3.32. The number of amides is 2. The lowest BCUT2D eigenvalue weighted by Crippen LogP contribution is -3.11. The molecule has 21 heavy (non-hydrogen) atoms. The number of likely N-dealkylation sites (N-methyl/N-ethyl adjacent to an activating group) is 1. The lowest BCUT2D eigenvalue weighted by Gasteiger charge is -2.13. The van der Waals surface area contributed by atoms with Crippen LogP contribution < -0.4 is 15.5 Å². The molecule has 0 bridgehead atoms. The molecule has 114 valence electrons. The Labute approximate surface area is 129 Å². The van der Waals surface area contributed by atoms with Crippen molar-refractivity contribution in [3.8, 4) is 0 Å². The number of hydrogen-bond donors (Lipinski definition) is 3. The first-order chi connectivity index (χ1) is 9.94. The molecular weight excluding hydrogens is 290 g/mol. The van der Waals surface area contributed by atoms with E-state index in [2.05, 4.69) is 10.6 Å². The highest BCUT2D eigenvalue weighted by Crippen LogP contribution is 2.19. The molecule has 6 heteroatoms. The van der Waals surface area contributed by atoms with Crippen LogP contribution in [-0.2, 0) is 9.59 Å². The van der Waals surface area contributed by atoms with Gasteiger partial charge in [0.05, 0.1) is 7.05 Å². The van der Waals surface area contributed by atoms with Crippen LogP contribution in [0.15, 0.2) is 18.2 Å². The molecule has 0 spiro atoms. The molecule has 1 saturated carbocycles. The van der Waals surface area contributed by atoms with E-state index in [0.717, 1.165) is 23.3 Å². The molecule has 0 radical (unpaired) electrons. The summed E-state index contributed by atoms with van der Waals surface area (Å²) in [5.41, 5.74) is 1.64. The molecule has 0 saturated heterocycles. The van der Waals surface area contributed by atoms with E-state index in [9.17, 15) is 9.59 Å². The summed E-state index contributed by atoms with van der Waals surface area (Å²) in [4.78, 5) is 24.4. The summed E-state index contributed by atoms with van der Waals surface area (Å²) >= 11 is 6.02. The number of nitrogens with one attached hydrogen (secondary N) is 3. The molecular formula is C15H21ClN3O2+. The largest absolute Gasteiger partial charge is 0.348 e. The van der Waals surface area contributed by atoms with Crippen LogP contribution in [0.1, 0.15) is 18.4 Å². The highest BCUT2D eigenvalue weighted by atomic mass is 35.5. The van der Waals surface area contributed by atoms with Gasteiger partial charge in [0.2, 0.25) is 0 Å². The topological polar surface area (TPSA) is 62.6 Å². The van der Waals surface area contributed by atoms with E-state index in [0.29, 0.717) is 23.3 Å². The lowest BCUT2D eigenvalue weighted by molar-refractivity contribution is -0.862. The molecule has 1 aliphatic carbocycles. The molecule has 2 amide bonds. The molecule has 5 nitrogen and oxygen atoms in total. The fourth-order valence-electron chi connectivity index (χ4n) is 1.99. The van der Waals surface area contributed by atoms with Crippen LogP contribution >= 0.6 is 11.6 Å². The van der Waals surface area contributed by atoms with E-state index >= 15 is 0 Å². The maximum atomic E-state index is 11.9. The van der Waals surface area contributed by atoms with Gasteiger partial charge in [0.15, 0.2) is 13.1 Å². The van der Waals surface area contributed by atoms with Gasteiger partial charge in [0.1, 0.15) is 0 Å². The van der Waals surface area contributed by atoms with Crippen molar-refractivity contribution in [2.24, 2.45) is 0 Å². The van der Waals surface area contributed by atoms with E-state index in [1.807, 2.05) is 26.1 Å². The van der Waals surface area contributed by atoms with E-state index in [-0.39, 0.29) is 18.4 Å². The van der Waals surface area contributed by atoms with E-state index < -0.39 is 0 Å². The fourth-order valence-corrected chi connectivity index (χ4v) is 2.17. The Bertz CT molecular complexity index is 544. The Balaban J connectivity index is 1.77. The predicted octanol–water partition coefficient (Wildman–Crippen LogP) is 0.380. The summed E-state index contributed by atoms with van der Waals surface area (Å²) in [7, 11) is 1.83. The SMILES string of the molecule is Cc1ccc(NC(=O)C[NH+](C)CC(=O)NC2CC2)cc1Cl. The van der Waals surface area contributed by atoms with Crippen LogP contribution in [-0.4, -0.2) is 38.0 Å². The second-order valence-corrected chi connectivity index (χ2v) is 6.07. The number of carbonyl (C=O) groups excluding carboxylic acids is 2. The summed E-state index contributed by atoms with van der Waals surface area (Å²) in [6, 6.07) is 5.75. The Morgan fingerprint density at radius 1 is 1.29 bits per heavy atom. The lowest BCUT2D eigenvalue weighted by atomic mass is 10.2. The molecule has 1 aromatic carbocycles. The smallest absolute Gasteiger partial charge is 0.279 e. The zero-order valence-electron chi connectivity index (χ0n) is 12.3. The highest BCUT2D eigenvalue weighted by molar-refractivity contribution is 6.31. The van der Waals surface area contributed by atoms with Gasteiger partial charge in [-0.05, 0) is 37.5 Å². The van der Waals surface area contributed by atoms with E-state index in [1.54, 1.807) is 6.07 Å². The summed E-state index contributed by atoms with van der Waals surface area (Å²) < 4.78 is 0. The second kappa shape index (κ2) is 6.91. The average Bonchev–Trinajstić information content (AvgIpc) is 3.17. The van der Waals surface area contributed by atoms with E-state index in [4.69, 9.17) is 11.6 Å². The summed E-state index contributed by atoms with van der Waals surface area (Å²) in [6.45, 7) is 2.45. The van der Waals surface area contributed by atoms with Crippen LogP contribution in [0.25, 0.3) is 0 Å². The molecule has 0 aromatic heterocycles. The first-order valence-corrected chi connectivity index (χ1v) is 7.48. The molecule has 1 aromatic rings. The van der Waals surface area contributed by atoms with Gasteiger partial charge in [0.25, 0.3) is 11.8 Å². The number of halogens is 1. The van der Waals surface area contributed by atoms with Gasteiger partial charge in [-0.15, -0.1) is 0 Å². The third-order valence-corrected chi connectivity index (χ3v) is 3.73. The van der Waals surface area contributed by atoms with Gasteiger partial charge in [-0.1, -0.05) is 17.7 Å². The molecule has 0 heterocycles. The minimum atomic E-state index is -0.133. The standard InChI is InChI=1S/C15H20ClN3O2/c1-10-3-4-12(7-13(10)16)18-15(21)9-19(2)8-14(20)17-11-5-6-11/h3-4,7,11H,5-6,8-9H2,1-2H3,(H,17,20)(H,18,21)/p+1. The predicted molar refractivity (Wildman–Crippen MR) is 82.6 cm³/mol. The van der Waals surface area contributed by atoms with Gasteiger partial charge in [-0.2, -0.15) is 0 Å². The van der Waals surface area contributed by atoms with Crippen LogP contribution in [0.4, 0.5) is 5.69 Å². The van der Waals surface area contributed by atoms with E-state index in [1.165, 1.54) is 0 Å². The van der Waals surface area contributed by atoms with Gasteiger partial charge in [-0.3, -0.25) is 9.59 Å². The zero-order valence-corrected chi connectivity index (χ0v) is 13.1. The van der Waals surface area contributed by atoms with Crippen molar-refractivity contribution in [2.75, 3.05) is 25.5 Å². The first kappa shape index (κ1) is 15.8. The van der Waals surface area contributed by atoms with Gasteiger partial charge in [-0.25, -0.2) is 0 Å². The summed E-state index contributed by atoms with van der Waals surface area (Å²) in [5.74, 6) is -0.132. The van der Waals surface area contributed by atoms with Crippen LogP contribution in [0.3, 0.4) is 0 Å². The van der Waals surface area contributed by atoms with Crippen molar-refractivity contribution in [2.45, 2.75) is 25.8 Å². The van der Waals surface area contributed by atoms with Crippen LogP contribution in [0, 0.1) is 6.92 Å². The maximum absolute atomic E-state index is 11.9. The molecule has 0 aliphatic heterocycles. The van der Waals surface area contributed by atoms with Crippen molar-refractivity contribution < 1.29 is 14.5 Å². The minimum absolute atomic E-state index is 0.00109. The van der Waals surface area contributed by atoms with Crippen molar-refractivity contribution in [1.82, 2.24) is 5.32 Å². The van der Waals surface area contributed by atoms with Gasteiger partial charge < -0.3 is 15.5 Å². The Hall–Kier alpha value is -1.59. The third kappa shape index (κ3) is 5.36. The minimum Gasteiger partial charge on any atom is -0.348 e. The average molecular weight is 311 g/mol. The molecule has 1 unspecified atom stereocenters. The van der Waals surface area contributed by atoms with Gasteiger partial charge in [0, 0.05) is 16.8 Å². The van der Waals surface area contributed by atoms with Crippen molar-refractivity contribution in [3.05, 3.63) is 28.8 Å². The number of quaternary nitrogens is 1. The van der Waals surface area contributed by atoms with Crippen molar-refractivity contribution in [3.63, 3.8) is 0 Å². The normalized spacial score (nSPS) is 15.4. The molecule has 2 rings (SSSR count). The zero-order chi connectivity index (χ0) is 15.4. The van der Waals surface area contributed by atoms with Crippen LogP contribution in [0.2, 0.25) is 5.02 Å². The molecule has 1 fully saturated rings. The Morgan fingerprint density at radius 2 is 1.95 bits per heavy atom. The number of carbonyl (C=O) groups is 2. The highest BCUT2D eigenvalue weighted by Gasteiger charge is 2.24. The number of rotatable bonds is 6. The monoisotopic (exact) mass is 310 g/mol. The van der Waals surface area contributed by atoms with Crippen LogP contribution in [0.5, 0.6) is 0 Å². The van der Waals surface area contributed by atoms with Crippen molar-refractivity contribution >= 4 is 29.1 Å². The van der Waals surface area contributed by atoms with Gasteiger partial charge >= 0.3 is 0 Å². The number of hydrogen-bond acceptors (Lipinski definition) is 2. The Kier molecular flexibility index (Phi) is 5.20. The maximum Gasteiger partial charge on any atom is 0.279 e.